The number of pyridine rings is 1. The van der Waals surface area contributed by atoms with Gasteiger partial charge in [-0.2, -0.15) is 0 Å². The molecule has 0 aromatic carbocycles. The predicted molar refractivity (Wildman–Crippen MR) is 81.7 cm³/mol. The van der Waals surface area contributed by atoms with Crippen molar-refractivity contribution in [3.8, 4) is 0 Å². The zero-order valence-electron chi connectivity index (χ0n) is 11.8. The van der Waals surface area contributed by atoms with Gasteiger partial charge in [0.25, 0.3) is 5.56 Å². The third kappa shape index (κ3) is 2.97. The highest BCUT2D eigenvalue weighted by Crippen LogP contribution is 2.17. The fourth-order valence-corrected chi connectivity index (χ4v) is 2.23. The molecule has 0 saturated carbocycles. The lowest BCUT2D eigenvalue weighted by molar-refractivity contribution is 0.0527. The maximum Gasteiger partial charge on any atom is 0.341 e. The second-order valence-corrected chi connectivity index (χ2v) is 4.90. The van der Waals surface area contributed by atoms with Crippen LogP contribution in [0.3, 0.4) is 0 Å². The molecule has 0 radical (unpaired) electrons. The highest BCUT2D eigenvalue weighted by molar-refractivity contribution is 7.98. The van der Waals surface area contributed by atoms with Crippen LogP contribution in [0, 0.1) is 0 Å². The van der Waals surface area contributed by atoms with Crippen molar-refractivity contribution in [3.63, 3.8) is 0 Å². The number of allylic oxidation sites excluding steroid dienone is 1. The average molecular weight is 305 g/mol. The molecule has 2 heterocycles. The minimum Gasteiger partial charge on any atom is -0.462 e. The number of carbonyl (C=O) groups is 1. The van der Waals surface area contributed by atoms with E-state index in [1.165, 1.54) is 28.7 Å². The fourth-order valence-electron chi connectivity index (χ4n) is 1.89. The second-order valence-electron chi connectivity index (χ2n) is 4.13. The van der Waals surface area contributed by atoms with Gasteiger partial charge in [0, 0.05) is 18.9 Å². The Morgan fingerprint density at radius 1 is 1.57 bits per heavy atom. The number of hydrogen-bond donors (Lipinski definition) is 0. The number of aromatic nitrogens is 3. The summed E-state index contributed by atoms with van der Waals surface area (Å²) in [5.74, 6) is -0.508. The maximum absolute atomic E-state index is 12.3. The van der Waals surface area contributed by atoms with Crippen LogP contribution in [-0.2, 0) is 11.3 Å². The molecule has 6 nitrogen and oxygen atoms in total. The number of nitrogens with zero attached hydrogens (tertiary/aromatic N) is 3. The first-order chi connectivity index (χ1) is 10.1. The number of carbonyl (C=O) groups excluding carboxylic acids is 1. The standard InChI is InChI=1S/C14H15N3O3S/c1-4-6-17-8-10(13(19)20-5-2)11-9(12(17)18)7-15-14(16-11)21-3/h4,7-8H,1,5-6H2,2-3H3. The van der Waals surface area contributed by atoms with Crippen LogP contribution in [0.4, 0.5) is 0 Å². The minimum absolute atomic E-state index is 0.251. The monoisotopic (exact) mass is 305 g/mol. The molecule has 0 fully saturated rings. The Balaban J connectivity index is 2.78. The van der Waals surface area contributed by atoms with Crippen LogP contribution < -0.4 is 5.56 Å². The van der Waals surface area contributed by atoms with Crippen molar-refractivity contribution in [2.75, 3.05) is 12.9 Å². The van der Waals surface area contributed by atoms with Gasteiger partial charge in [0.15, 0.2) is 5.16 Å². The summed E-state index contributed by atoms with van der Waals surface area (Å²) in [6.07, 6.45) is 6.31. The van der Waals surface area contributed by atoms with Crippen LogP contribution in [0.15, 0.2) is 35.0 Å². The van der Waals surface area contributed by atoms with E-state index in [0.29, 0.717) is 22.6 Å². The van der Waals surface area contributed by atoms with Gasteiger partial charge in [-0.05, 0) is 13.2 Å². The van der Waals surface area contributed by atoms with Crippen molar-refractivity contribution in [1.29, 1.82) is 0 Å². The summed E-state index contributed by atoms with van der Waals surface area (Å²) in [4.78, 5) is 32.8. The Morgan fingerprint density at radius 2 is 2.33 bits per heavy atom. The largest absolute Gasteiger partial charge is 0.462 e. The normalized spacial score (nSPS) is 10.6. The lowest BCUT2D eigenvalue weighted by Crippen LogP contribution is -2.23. The lowest BCUT2D eigenvalue weighted by Gasteiger charge is -2.10. The van der Waals surface area contributed by atoms with Crippen LogP contribution >= 0.6 is 11.8 Å². The predicted octanol–water partition coefficient (Wildman–Crippen LogP) is 1.88. The van der Waals surface area contributed by atoms with E-state index in [1.54, 1.807) is 13.0 Å². The van der Waals surface area contributed by atoms with E-state index < -0.39 is 5.97 Å². The Bertz CT molecular complexity index is 755. The highest BCUT2D eigenvalue weighted by atomic mass is 32.2. The smallest absolute Gasteiger partial charge is 0.341 e. The molecule has 0 aliphatic rings. The fraction of sp³-hybridized carbons (Fsp3) is 0.286. The van der Waals surface area contributed by atoms with Crippen molar-refractivity contribution < 1.29 is 9.53 Å². The van der Waals surface area contributed by atoms with Gasteiger partial charge in [-0.3, -0.25) is 4.79 Å². The topological polar surface area (TPSA) is 74.1 Å². The molecule has 0 N–H and O–H groups in total. The summed E-state index contributed by atoms with van der Waals surface area (Å²) >= 11 is 1.34. The minimum atomic E-state index is -0.508. The molecule has 0 aliphatic heterocycles. The average Bonchev–Trinajstić information content (AvgIpc) is 2.49. The van der Waals surface area contributed by atoms with Crippen LogP contribution in [0.2, 0.25) is 0 Å². The molecule has 0 aliphatic carbocycles. The zero-order valence-corrected chi connectivity index (χ0v) is 12.6. The first kappa shape index (κ1) is 15.2. The molecule has 0 atom stereocenters. The van der Waals surface area contributed by atoms with E-state index in [4.69, 9.17) is 4.74 Å². The molecule has 21 heavy (non-hydrogen) atoms. The third-order valence-corrected chi connectivity index (χ3v) is 3.36. The van der Waals surface area contributed by atoms with Crippen molar-refractivity contribution in [3.05, 3.63) is 41.0 Å². The number of ether oxygens (including phenoxy) is 1. The van der Waals surface area contributed by atoms with Gasteiger partial charge >= 0.3 is 5.97 Å². The highest BCUT2D eigenvalue weighted by Gasteiger charge is 2.17. The molecule has 0 amide bonds. The summed E-state index contributed by atoms with van der Waals surface area (Å²) in [6.45, 7) is 5.88. The maximum atomic E-state index is 12.3. The molecule has 2 aromatic heterocycles. The lowest BCUT2D eigenvalue weighted by atomic mass is 10.2. The van der Waals surface area contributed by atoms with Crippen molar-refractivity contribution in [1.82, 2.24) is 14.5 Å². The number of fused-ring (bicyclic) bond motifs is 1. The van der Waals surface area contributed by atoms with Crippen LogP contribution in [-0.4, -0.2) is 33.4 Å². The molecule has 0 bridgehead atoms. The van der Waals surface area contributed by atoms with E-state index in [-0.39, 0.29) is 17.7 Å². The van der Waals surface area contributed by atoms with Crippen molar-refractivity contribution >= 4 is 28.6 Å². The van der Waals surface area contributed by atoms with Gasteiger partial charge in [0.2, 0.25) is 0 Å². The summed E-state index contributed by atoms with van der Waals surface area (Å²) in [7, 11) is 0. The Hall–Kier alpha value is -2.15. The molecule has 110 valence electrons. The first-order valence-corrected chi connectivity index (χ1v) is 7.57. The molecule has 7 heteroatoms. The first-order valence-electron chi connectivity index (χ1n) is 6.34. The molecular weight excluding hydrogens is 290 g/mol. The van der Waals surface area contributed by atoms with Gasteiger partial charge in [-0.1, -0.05) is 17.8 Å². The third-order valence-electron chi connectivity index (χ3n) is 2.80. The van der Waals surface area contributed by atoms with Gasteiger partial charge in [0.1, 0.15) is 5.56 Å². The zero-order chi connectivity index (χ0) is 15.4. The Labute approximate surface area is 125 Å². The summed E-state index contributed by atoms with van der Waals surface area (Å²) < 4.78 is 6.43. The molecule has 0 spiro atoms. The summed E-state index contributed by atoms with van der Waals surface area (Å²) in [5.41, 5.74) is 0.315. The Morgan fingerprint density at radius 3 is 2.95 bits per heavy atom. The van der Waals surface area contributed by atoms with Crippen LogP contribution in [0.5, 0.6) is 0 Å². The van der Waals surface area contributed by atoms with E-state index in [0.717, 1.165) is 0 Å². The molecule has 0 unspecified atom stereocenters. The summed E-state index contributed by atoms with van der Waals surface area (Å²) in [5, 5.41) is 0.786. The Kier molecular flexibility index (Phi) is 4.74. The van der Waals surface area contributed by atoms with Gasteiger partial charge in [-0.15, -0.1) is 6.58 Å². The van der Waals surface area contributed by atoms with E-state index in [9.17, 15) is 9.59 Å². The molecular formula is C14H15N3O3S. The van der Waals surface area contributed by atoms with Crippen molar-refractivity contribution in [2.24, 2.45) is 0 Å². The number of thioether (sulfide) groups is 1. The quantitative estimate of drug-likeness (QED) is 0.363. The molecule has 2 rings (SSSR count). The van der Waals surface area contributed by atoms with Crippen molar-refractivity contribution in [2.45, 2.75) is 18.6 Å². The molecule has 0 saturated heterocycles. The molecule has 2 aromatic rings. The SMILES string of the molecule is C=CCn1cc(C(=O)OCC)c2nc(SC)ncc2c1=O. The van der Waals surface area contributed by atoms with Gasteiger partial charge in [-0.25, -0.2) is 14.8 Å². The number of hydrogen-bond acceptors (Lipinski definition) is 6. The second kappa shape index (κ2) is 6.53. The number of rotatable bonds is 5. The van der Waals surface area contributed by atoms with Gasteiger partial charge < -0.3 is 9.30 Å². The summed E-state index contributed by atoms with van der Waals surface area (Å²) in [6, 6.07) is 0. The van der Waals surface area contributed by atoms with E-state index >= 15 is 0 Å². The van der Waals surface area contributed by atoms with Gasteiger partial charge in [0.05, 0.1) is 17.5 Å². The number of esters is 1. The van der Waals surface area contributed by atoms with Crippen LogP contribution in [0.25, 0.3) is 10.9 Å². The van der Waals surface area contributed by atoms with E-state index in [2.05, 4.69) is 16.5 Å². The van der Waals surface area contributed by atoms with Crippen LogP contribution in [0.1, 0.15) is 17.3 Å². The van der Waals surface area contributed by atoms with E-state index in [1.807, 2.05) is 6.26 Å².